The van der Waals surface area contributed by atoms with Crippen LogP contribution in [0.1, 0.15) is 35.7 Å². The van der Waals surface area contributed by atoms with E-state index < -0.39 is 0 Å². The van der Waals surface area contributed by atoms with Gasteiger partial charge in [0.1, 0.15) is 11.4 Å². The Morgan fingerprint density at radius 2 is 1.89 bits per heavy atom. The van der Waals surface area contributed by atoms with Gasteiger partial charge in [0.05, 0.1) is 24.9 Å². The maximum absolute atomic E-state index is 12.3. The number of ether oxygens (including phenoxy) is 1. The molecule has 1 aromatic carbocycles. The molecule has 1 amide bonds. The molecule has 0 saturated carbocycles. The summed E-state index contributed by atoms with van der Waals surface area (Å²) < 4.78 is 6.20. The summed E-state index contributed by atoms with van der Waals surface area (Å²) in [6.45, 7) is 10.1. The Kier molecular flexibility index (Phi) is 5.37. The summed E-state index contributed by atoms with van der Waals surface area (Å²) >= 11 is 0. The second-order valence-electron chi connectivity index (χ2n) is 7.21. The predicted octanol–water partition coefficient (Wildman–Crippen LogP) is 3.64. The Morgan fingerprint density at radius 3 is 2.48 bits per heavy atom. The van der Waals surface area contributed by atoms with Gasteiger partial charge in [-0.1, -0.05) is 24.6 Å². The zero-order valence-corrected chi connectivity index (χ0v) is 16.6. The molecule has 2 N–H and O–H groups in total. The number of aromatic nitrogens is 1. The second-order valence-corrected chi connectivity index (χ2v) is 7.21. The zero-order chi connectivity index (χ0) is 19.7. The van der Waals surface area contributed by atoms with E-state index in [0.717, 1.165) is 34.7 Å². The number of fused-ring (bicyclic) bond motifs is 1. The van der Waals surface area contributed by atoms with E-state index in [9.17, 15) is 9.90 Å². The lowest BCUT2D eigenvalue weighted by Gasteiger charge is -2.36. The van der Waals surface area contributed by atoms with Crippen LogP contribution in [0.5, 0.6) is 11.6 Å². The molecule has 6 nitrogen and oxygen atoms in total. The maximum Gasteiger partial charge on any atom is 0.245 e. The summed E-state index contributed by atoms with van der Waals surface area (Å²) in [6, 6.07) is 5.92. The zero-order valence-electron chi connectivity index (χ0n) is 16.6. The number of pyridine rings is 1. The van der Waals surface area contributed by atoms with Crippen molar-refractivity contribution in [1.29, 1.82) is 0 Å². The number of rotatable bonds is 5. The SMILES string of the molecule is CCC(CO)N1CC(=O)Nc2c1cc(C)nc2Oc1c(C)cc(C)cc1C. The van der Waals surface area contributed by atoms with E-state index in [1.54, 1.807) is 0 Å². The number of hydrogen-bond acceptors (Lipinski definition) is 5. The fraction of sp³-hybridized carbons (Fsp3) is 0.429. The first kappa shape index (κ1) is 19.2. The van der Waals surface area contributed by atoms with Crippen molar-refractivity contribution < 1.29 is 14.6 Å². The molecule has 1 aromatic heterocycles. The molecule has 1 aliphatic heterocycles. The molecule has 144 valence electrons. The molecule has 0 radical (unpaired) electrons. The van der Waals surface area contributed by atoms with Gasteiger partial charge in [-0.25, -0.2) is 4.98 Å². The number of hydrogen-bond donors (Lipinski definition) is 2. The van der Waals surface area contributed by atoms with Crippen LogP contribution in [-0.2, 0) is 4.79 Å². The normalized spacial score (nSPS) is 14.6. The largest absolute Gasteiger partial charge is 0.436 e. The number of nitrogens with one attached hydrogen (secondary N) is 1. The van der Waals surface area contributed by atoms with Gasteiger partial charge < -0.3 is 20.1 Å². The molecule has 1 aliphatic rings. The molecular weight excluding hydrogens is 342 g/mol. The Hall–Kier alpha value is -2.60. The third-order valence-corrected chi connectivity index (χ3v) is 4.91. The highest BCUT2D eigenvalue weighted by Crippen LogP contribution is 2.41. The lowest BCUT2D eigenvalue weighted by Crippen LogP contribution is -2.46. The van der Waals surface area contributed by atoms with E-state index in [4.69, 9.17) is 4.74 Å². The van der Waals surface area contributed by atoms with Gasteiger partial charge in [-0.15, -0.1) is 0 Å². The number of nitrogens with zero attached hydrogens (tertiary/aromatic N) is 2. The number of aryl methyl sites for hydroxylation is 4. The fourth-order valence-electron chi connectivity index (χ4n) is 3.66. The van der Waals surface area contributed by atoms with Gasteiger partial charge in [0.15, 0.2) is 0 Å². The summed E-state index contributed by atoms with van der Waals surface area (Å²) in [7, 11) is 0. The molecule has 2 heterocycles. The fourth-order valence-corrected chi connectivity index (χ4v) is 3.66. The molecule has 6 heteroatoms. The summed E-state index contributed by atoms with van der Waals surface area (Å²) in [6.07, 6.45) is 0.733. The number of carbonyl (C=O) groups excluding carboxylic acids is 1. The minimum atomic E-state index is -0.137. The third kappa shape index (κ3) is 3.76. The van der Waals surface area contributed by atoms with Crippen molar-refractivity contribution in [3.63, 3.8) is 0 Å². The Bertz CT molecular complexity index is 852. The smallest absolute Gasteiger partial charge is 0.245 e. The summed E-state index contributed by atoms with van der Waals surface area (Å²) in [5, 5.41) is 12.7. The van der Waals surface area contributed by atoms with Crippen LogP contribution in [0.2, 0.25) is 0 Å². The lowest BCUT2D eigenvalue weighted by atomic mass is 10.1. The van der Waals surface area contributed by atoms with Crippen LogP contribution in [0, 0.1) is 27.7 Å². The van der Waals surface area contributed by atoms with Gasteiger partial charge in [0, 0.05) is 5.69 Å². The van der Waals surface area contributed by atoms with Gasteiger partial charge in [-0.3, -0.25) is 4.79 Å². The van der Waals surface area contributed by atoms with E-state index in [1.165, 1.54) is 5.56 Å². The first-order chi connectivity index (χ1) is 12.8. The van der Waals surface area contributed by atoms with Crippen molar-refractivity contribution in [1.82, 2.24) is 4.98 Å². The number of aliphatic hydroxyl groups excluding tert-OH is 1. The van der Waals surface area contributed by atoms with Crippen molar-refractivity contribution in [2.45, 2.75) is 47.1 Å². The molecule has 0 aliphatic carbocycles. The highest BCUT2D eigenvalue weighted by atomic mass is 16.5. The molecular formula is C21H27N3O3. The van der Waals surface area contributed by atoms with E-state index in [2.05, 4.69) is 29.4 Å². The number of amides is 1. The van der Waals surface area contributed by atoms with Gasteiger partial charge in [0.25, 0.3) is 0 Å². The van der Waals surface area contributed by atoms with E-state index >= 15 is 0 Å². The quantitative estimate of drug-likeness (QED) is 0.842. The lowest BCUT2D eigenvalue weighted by molar-refractivity contribution is -0.115. The van der Waals surface area contributed by atoms with Crippen molar-refractivity contribution in [2.75, 3.05) is 23.4 Å². The maximum atomic E-state index is 12.3. The van der Waals surface area contributed by atoms with E-state index in [-0.39, 0.29) is 25.1 Å². The molecule has 27 heavy (non-hydrogen) atoms. The number of carbonyl (C=O) groups is 1. The monoisotopic (exact) mass is 369 g/mol. The van der Waals surface area contributed by atoms with Crippen LogP contribution in [0.3, 0.4) is 0 Å². The Balaban J connectivity index is 2.10. The molecule has 0 spiro atoms. The first-order valence-corrected chi connectivity index (χ1v) is 9.28. The molecule has 2 aromatic rings. The van der Waals surface area contributed by atoms with Crippen molar-refractivity contribution in [2.24, 2.45) is 0 Å². The molecule has 1 atom stereocenters. The number of benzene rings is 1. The summed E-state index contributed by atoms with van der Waals surface area (Å²) in [4.78, 5) is 18.8. The topological polar surface area (TPSA) is 74.7 Å². The standard InChI is InChI=1S/C21H27N3O3/c1-6-16(11-25)24-10-18(26)23-19-17(24)9-15(5)22-21(19)27-20-13(3)7-12(2)8-14(20)4/h7-9,16,25H,6,10-11H2,1-5H3,(H,23,26). The average molecular weight is 369 g/mol. The van der Waals surface area contributed by atoms with Gasteiger partial charge >= 0.3 is 0 Å². The van der Waals surface area contributed by atoms with Crippen LogP contribution in [0.25, 0.3) is 0 Å². The van der Waals surface area contributed by atoms with Crippen LogP contribution < -0.4 is 15.0 Å². The van der Waals surface area contributed by atoms with Crippen molar-refractivity contribution in [3.8, 4) is 11.6 Å². The number of aliphatic hydroxyl groups is 1. The number of anilines is 2. The van der Waals surface area contributed by atoms with Crippen molar-refractivity contribution >= 4 is 17.3 Å². The van der Waals surface area contributed by atoms with Gasteiger partial charge in [0.2, 0.25) is 11.8 Å². The minimum absolute atomic E-state index is 0.0169. The van der Waals surface area contributed by atoms with Crippen LogP contribution in [0.15, 0.2) is 18.2 Å². The first-order valence-electron chi connectivity index (χ1n) is 9.28. The molecule has 0 bridgehead atoms. The Morgan fingerprint density at radius 1 is 1.22 bits per heavy atom. The van der Waals surface area contributed by atoms with Gasteiger partial charge in [-0.2, -0.15) is 0 Å². The van der Waals surface area contributed by atoms with E-state index in [0.29, 0.717) is 11.6 Å². The van der Waals surface area contributed by atoms with E-state index in [1.807, 2.05) is 38.7 Å². The van der Waals surface area contributed by atoms with Crippen LogP contribution in [-0.4, -0.2) is 35.2 Å². The summed E-state index contributed by atoms with van der Waals surface area (Å²) in [5.41, 5.74) is 5.39. The van der Waals surface area contributed by atoms with Gasteiger partial charge in [-0.05, 0) is 51.3 Å². The van der Waals surface area contributed by atoms with Crippen LogP contribution in [0.4, 0.5) is 11.4 Å². The molecule has 0 fully saturated rings. The van der Waals surface area contributed by atoms with Crippen molar-refractivity contribution in [3.05, 3.63) is 40.6 Å². The third-order valence-electron chi connectivity index (χ3n) is 4.91. The second kappa shape index (κ2) is 7.56. The highest BCUT2D eigenvalue weighted by molar-refractivity contribution is 6.02. The predicted molar refractivity (Wildman–Crippen MR) is 107 cm³/mol. The Labute approximate surface area is 160 Å². The highest BCUT2D eigenvalue weighted by Gasteiger charge is 2.30. The average Bonchev–Trinajstić information content (AvgIpc) is 2.59. The van der Waals surface area contributed by atoms with Crippen LogP contribution >= 0.6 is 0 Å². The molecule has 3 rings (SSSR count). The molecule has 0 saturated heterocycles. The molecule has 1 unspecified atom stereocenters. The summed E-state index contributed by atoms with van der Waals surface area (Å²) in [5.74, 6) is 0.995. The minimum Gasteiger partial charge on any atom is -0.436 e.